The van der Waals surface area contributed by atoms with Crippen LogP contribution in [-0.2, 0) is 4.84 Å². The number of nitrogens with one attached hydrogen (secondary N) is 1. The minimum Gasteiger partial charge on any atom is -0.299 e. The fraction of sp³-hybridized carbons (Fsp3) is 1.00. The monoisotopic (exact) mass is 271 g/mol. The summed E-state index contributed by atoms with van der Waals surface area (Å²) in [5, 5.41) is 0. The molecule has 0 bridgehead atoms. The Kier molecular flexibility index (Phi) is 15.9. The maximum Gasteiger partial charge on any atom is 0.0790 e. The van der Waals surface area contributed by atoms with E-state index in [0.29, 0.717) is 6.10 Å². The highest BCUT2D eigenvalue weighted by Gasteiger charge is 2.06. The Bertz CT molecular complexity index is 155. The van der Waals surface area contributed by atoms with Crippen molar-refractivity contribution >= 4 is 0 Å². The van der Waals surface area contributed by atoms with Crippen molar-refractivity contribution in [2.24, 2.45) is 0 Å². The van der Waals surface area contributed by atoms with Crippen LogP contribution >= 0.6 is 0 Å². The van der Waals surface area contributed by atoms with Crippen molar-refractivity contribution in [2.45, 2.75) is 103 Å². The number of rotatable bonds is 15. The van der Waals surface area contributed by atoms with Gasteiger partial charge in [-0.3, -0.25) is 4.84 Å². The summed E-state index contributed by atoms with van der Waals surface area (Å²) in [6, 6.07) is 0. The first kappa shape index (κ1) is 18.9. The molecule has 0 amide bonds. The Morgan fingerprint density at radius 1 is 0.684 bits per heavy atom. The summed E-state index contributed by atoms with van der Waals surface area (Å²) in [6.07, 6.45) is 18.1. The van der Waals surface area contributed by atoms with Crippen molar-refractivity contribution in [1.29, 1.82) is 0 Å². The molecular weight excluding hydrogens is 234 g/mol. The standard InChI is InChI=1S/C17H37NO/c1-4-6-7-8-9-10-11-12-13-14-16-17(15-5-2)19-18-3/h17-18H,4-16H2,1-3H3. The van der Waals surface area contributed by atoms with E-state index in [-0.39, 0.29) is 0 Å². The van der Waals surface area contributed by atoms with Gasteiger partial charge in [-0.25, -0.2) is 5.48 Å². The van der Waals surface area contributed by atoms with E-state index >= 15 is 0 Å². The highest BCUT2D eigenvalue weighted by molar-refractivity contribution is 4.57. The van der Waals surface area contributed by atoms with Crippen molar-refractivity contribution in [2.75, 3.05) is 7.05 Å². The molecule has 0 saturated heterocycles. The summed E-state index contributed by atoms with van der Waals surface area (Å²) in [5.74, 6) is 0. The predicted octanol–water partition coefficient (Wildman–Crippen LogP) is 5.62. The van der Waals surface area contributed by atoms with Gasteiger partial charge in [0.1, 0.15) is 0 Å². The highest BCUT2D eigenvalue weighted by Crippen LogP contribution is 2.14. The van der Waals surface area contributed by atoms with E-state index in [1.807, 2.05) is 7.05 Å². The zero-order chi connectivity index (χ0) is 14.2. The van der Waals surface area contributed by atoms with Crippen LogP contribution < -0.4 is 5.48 Å². The molecule has 0 aliphatic carbocycles. The van der Waals surface area contributed by atoms with Crippen LogP contribution in [0.1, 0.15) is 97.3 Å². The maximum absolute atomic E-state index is 5.51. The molecule has 0 saturated carbocycles. The first-order chi connectivity index (χ1) is 9.35. The van der Waals surface area contributed by atoms with E-state index in [1.165, 1.54) is 83.5 Å². The number of hydroxylamine groups is 1. The molecule has 116 valence electrons. The number of unbranched alkanes of at least 4 members (excludes halogenated alkanes) is 9. The zero-order valence-corrected chi connectivity index (χ0v) is 13.7. The lowest BCUT2D eigenvalue weighted by atomic mass is 10.0. The van der Waals surface area contributed by atoms with Crippen molar-refractivity contribution < 1.29 is 4.84 Å². The van der Waals surface area contributed by atoms with Gasteiger partial charge in [-0.2, -0.15) is 0 Å². The molecule has 2 heteroatoms. The molecule has 19 heavy (non-hydrogen) atoms. The summed E-state index contributed by atoms with van der Waals surface area (Å²) < 4.78 is 0. The Hall–Kier alpha value is -0.0800. The molecule has 0 aliphatic rings. The second-order valence-corrected chi connectivity index (χ2v) is 5.70. The Labute approximate surface area is 121 Å². The predicted molar refractivity (Wildman–Crippen MR) is 85.3 cm³/mol. The molecule has 0 radical (unpaired) electrons. The molecule has 0 aromatic rings. The van der Waals surface area contributed by atoms with Crippen molar-refractivity contribution in [3.63, 3.8) is 0 Å². The Morgan fingerprint density at radius 2 is 1.21 bits per heavy atom. The van der Waals surface area contributed by atoms with Gasteiger partial charge in [-0.05, 0) is 12.8 Å². The van der Waals surface area contributed by atoms with Crippen molar-refractivity contribution in [1.82, 2.24) is 5.48 Å². The fourth-order valence-electron chi connectivity index (χ4n) is 2.61. The molecule has 0 aromatic carbocycles. The van der Waals surface area contributed by atoms with E-state index in [1.54, 1.807) is 0 Å². The van der Waals surface area contributed by atoms with E-state index in [0.717, 1.165) is 0 Å². The molecule has 1 N–H and O–H groups in total. The van der Waals surface area contributed by atoms with E-state index in [2.05, 4.69) is 19.3 Å². The lowest BCUT2D eigenvalue weighted by Gasteiger charge is -2.15. The molecule has 1 unspecified atom stereocenters. The van der Waals surface area contributed by atoms with Crippen LogP contribution in [-0.4, -0.2) is 13.2 Å². The normalized spacial score (nSPS) is 12.8. The quantitative estimate of drug-likeness (QED) is 0.308. The van der Waals surface area contributed by atoms with Gasteiger partial charge in [0.25, 0.3) is 0 Å². The summed E-state index contributed by atoms with van der Waals surface area (Å²) in [6.45, 7) is 4.51. The number of hydrogen-bond donors (Lipinski definition) is 1. The van der Waals surface area contributed by atoms with Gasteiger partial charge in [0, 0.05) is 7.05 Å². The molecule has 0 fully saturated rings. The van der Waals surface area contributed by atoms with Gasteiger partial charge in [-0.15, -0.1) is 0 Å². The zero-order valence-electron chi connectivity index (χ0n) is 13.7. The highest BCUT2D eigenvalue weighted by atomic mass is 16.7. The molecule has 0 aromatic heterocycles. The third kappa shape index (κ3) is 14.1. The van der Waals surface area contributed by atoms with Crippen LogP contribution in [0.3, 0.4) is 0 Å². The van der Waals surface area contributed by atoms with Gasteiger partial charge in [0.2, 0.25) is 0 Å². The Balaban J connectivity index is 3.20. The summed E-state index contributed by atoms with van der Waals surface area (Å²) in [4.78, 5) is 5.51. The number of hydrogen-bond acceptors (Lipinski definition) is 2. The van der Waals surface area contributed by atoms with E-state index in [9.17, 15) is 0 Å². The molecule has 0 spiro atoms. The van der Waals surface area contributed by atoms with Crippen molar-refractivity contribution in [3.8, 4) is 0 Å². The van der Waals surface area contributed by atoms with Crippen molar-refractivity contribution in [3.05, 3.63) is 0 Å². The van der Waals surface area contributed by atoms with Gasteiger partial charge in [-0.1, -0.05) is 84.5 Å². The minimum atomic E-state index is 0.420. The lowest BCUT2D eigenvalue weighted by molar-refractivity contribution is -0.0220. The lowest BCUT2D eigenvalue weighted by Crippen LogP contribution is -2.20. The minimum absolute atomic E-state index is 0.420. The molecule has 2 nitrogen and oxygen atoms in total. The summed E-state index contributed by atoms with van der Waals surface area (Å²) >= 11 is 0. The second kappa shape index (κ2) is 16.0. The van der Waals surface area contributed by atoms with Crippen LogP contribution in [0.25, 0.3) is 0 Å². The first-order valence-corrected chi connectivity index (χ1v) is 8.67. The fourth-order valence-corrected chi connectivity index (χ4v) is 2.61. The third-order valence-corrected chi connectivity index (χ3v) is 3.77. The molecule has 1 atom stereocenters. The molecule has 0 heterocycles. The smallest absolute Gasteiger partial charge is 0.0790 e. The van der Waals surface area contributed by atoms with Gasteiger partial charge in [0.05, 0.1) is 6.10 Å². The topological polar surface area (TPSA) is 21.3 Å². The first-order valence-electron chi connectivity index (χ1n) is 8.67. The average Bonchev–Trinajstić information content (AvgIpc) is 2.41. The Morgan fingerprint density at radius 3 is 1.68 bits per heavy atom. The van der Waals surface area contributed by atoms with Gasteiger partial charge in [0.15, 0.2) is 0 Å². The van der Waals surface area contributed by atoms with E-state index in [4.69, 9.17) is 4.84 Å². The van der Waals surface area contributed by atoms with Gasteiger partial charge < -0.3 is 0 Å². The van der Waals surface area contributed by atoms with Crippen LogP contribution in [0.4, 0.5) is 0 Å². The van der Waals surface area contributed by atoms with Crippen LogP contribution in [0, 0.1) is 0 Å². The maximum atomic E-state index is 5.51. The molecular formula is C17H37NO. The van der Waals surface area contributed by atoms with Crippen LogP contribution in [0.5, 0.6) is 0 Å². The van der Waals surface area contributed by atoms with Crippen LogP contribution in [0.15, 0.2) is 0 Å². The van der Waals surface area contributed by atoms with Gasteiger partial charge >= 0.3 is 0 Å². The summed E-state index contributed by atoms with van der Waals surface area (Å²) in [7, 11) is 1.86. The van der Waals surface area contributed by atoms with Crippen LogP contribution in [0.2, 0.25) is 0 Å². The average molecular weight is 271 g/mol. The molecule has 0 aliphatic heterocycles. The second-order valence-electron chi connectivity index (χ2n) is 5.70. The third-order valence-electron chi connectivity index (χ3n) is 3.77. The molecule has 0 rings (SSSR count). The summed E-state index contributed by atoms with van der Waals surface area (Å²) in [5.41, 5.74) is 2.84. The van der Waals surface area contributed by atoms with E-state index < -0.39 is 0 Å². The SMILES string of the molecule is CCCCCCCCCCCCC(CCC)ONC. The largest absolute Gasteiger partial charge is 0.299 e.